The molecule has 0 bridgehead atoms. The number of aromatic hydroxyl groups is 1. The SMILES string of the molecule is Cn1ncc(C2(N)CC2)c1-c1ccccc1O. The molecule has 0 atom stereocenters. The average Bonchev–Trinajstić information content (AvgIpc) is 2.93. The van der Waals surface area contributed by atoms with E-state index in [4.69, 9.17) is 5.73 Å². The topological polar surface area (TPSA) is 64.1 Å². The molecule has 0 amide bonds. The van der Waals surface area contributed by atoms with Gasteiger partial charge in [0.05, 0.1) is 11.9 Å². The highest BCUT2D eigenvalue weighted by atomic mass is 16.3. The second-order valence-electron chi connectivity index (χ2n) is 4.70. The van der Waals surface area contributed by atoms with Crippen molar-refractivity contribution in [3.63, 3.8) is 0 Å². The monoisotopic (exact) mass is 229 g/mol. The molecule has 4 nitrogen and oxygen atoms in total. The molecule has 1 fully saturated rings. The lowest BCUT2D eigenvalue weighted by Gasteiger charge is -2.12. The minimum atomic E-state index is -0.244. The van der Waals surface area contributed by atoms with Crippen LogP contribution in [-0.2, 0) is 12.6 Å². The zero-order valence-electron chi connectivity index (χ0n) is 9.72. The summed E-state index contributed by atoms with van der Waals surface area (Å²) in [6.45, 7) is 0. The number of hydrogen-bond acceptors (Lipinski definition) is 3. The normalized spacial score (nSPS) is 17.1. The van der Waals surface area contributed by atoms with Crippen LogP contribution in [0.5, 0.6) is 5.75 Å². The van der Waals surface area contributed by atoms with Gasteiger partial charge in [-0.3, -0.25) is 4.68 Å². The molecule has 3 rings (SSSR count). The third-order valence-electron chi connectivity index (χ3n) is 3.42. The zero-order chi connectivity index (χ0) is 12.0. The number of benzene rings is 1. The van der Waals surface area contributed by atoms with E-state index in [9.17, 15) is 5.11 Å². The quantitative estimate of drug-likeness (QED) is 0.824. The van der Waals surface area contributed by atoms with E-state index in [1.165, 1.54) is 0 Å². The standard InChI is InChI=1S/C13H15N3O/c1-16-12(9-4-2-3-5-11(9)17)10(8-15-16)13(14)6-7-13/h2-5,8,17H,6-7,14H2,1H3. The van der Waals surface area contributed by atoms with Crippen LogP contribution in [0.1, 0.15) is 18.4 Å². The number of para-hydroxylation sites is 1. The van der Waals surface area contributed by atoms with Gasteiger partial charge >= 0.3 is 0 Å². The summed E-state index contributed by atoms with van der Waals surface area (Å²) in [5.74, 6) is 0.265. The van der Waals surface area contributed by atoms with E-state index in [2.05, 4.69) is 5.10 Å². The van der Waals surface area contributed by atoms with Crippen LogP contribution >= 0.6 is 0 Å². The van der Waals surface area contributed by atoms with Crippen molar-refractivity contribution in [2.45, 2.75) is 18.4 Å². The molecule has 2 aromatic rings. The Morgan fingerprint density at radius 3 is 2.71 bits per heavy atom. The second-order valence-corrected chi connectivity index (χ2v) is 4.70. The summed E-state index contributed by atoms with van der Waals surface area (Å²) in [5, 5.41) is 14.2. The van der Waals surface area contributed by atoms with Crippen molar-refractivity contribution >= 4 is 0 Å². The van der Waals surface area contributed by atoms with Gasteiger partial charge in [0, 0.05) is 23.7 Å². The molecular weight excluding hydrogens is 214 g/mol. The molecule has 17 heavy (non-hydrogen) atoms. The molecule has 0 spiro atoms. The Kier molecular flexibility index (Phi) is 2.03. The van der Waals surface area contributed by atoms with Gasteiger partial charge in [-0.1, -0.05) is 12.1 Å². The number of nitrogens with two attached hydrogens (primary N) is 1. The largest absolute Gasteiger partial charge is 0.507 e. The first kappa shape index (κ1) is 10.4. The number of phenolic OH excluding ortho intramolecular Hbond substituents is 1. The summed E-state index contributed by atoms with van der Waals surface area (Å²) in [4.78, 5) is 0. The molecule has 1 aromatic heterocycles. The molecule has 0 unspecified atom stereocenters. The summed E-state index contributed by atoms with van der Waals surface area (Å²) >= 11 is 0. The summed E-state index contributed by atoms with van der Waals surface area (Å²) in [5.41, 5.74) is 8.73. The van der Waals surface area contributed by atoms with Crippen LogP contribution in [0.25, 0.3) is 11.3 Å². The van der Waals surface area contributed by atoms with Crippen molar-refractivity contribution in [1.29, 1.82) is 0 Å². The van der Waals surface area contributed by atoms with Crippen molar-refractivity contribution in [2.24, 2.45) is 12.8 Å². The van der Waals surface area contributed by atoms with Gasteiger partial charge < -0.3 is 10.8 Å². The fourth-order valence-electron chi connectivity index (χ4n) is 2.20. The number of aryl methyl sites for hydroxylation is 1. The Morgan fingerprint density at radius 2 is 2.06 bits per heavy atom. The maximum absolute atomic E-state index is 9.94. The van der Waals surface area contributed by atoms with Crippen LogP contribution in [0.2, 0.25) is 0 Å². The predicted octanol–water partition coefficient (Wildman–Crippen LogP) is 1.74. The lowest BCUT2D eigenvalue weighted by Crippen LogP contribution is -2.19. The smallest absolute Gasteiger partial charge is 0.124 e. The van der Waals surface area contributed by atoms with E-state index in [0.29, 0.717) is 0 Å². The maximum atomic E-state index is 9.94. The maximum Gasteiger partial charge on any atom is 0.124 e. The van der Waals surface area contributed by atoms with Crippen molar-refractivity contribution in [1.82, 2.24) is 9.78 Å². The molecule has 1 aliphatic carbocycles. The lowest BCUT2D eigenvalue weighted by molar-refractivity contribution is 0.476. The fraction of sp³-hybridized carbons (Fsp3) is 0.308. The first-order valence-electron chi connectivity index (χ1n) is 5.71. The van der Waals surface area contributed by atoms with E-state index < -0.39 is 0 Å². The van der Waals surface area contributed by atoms with E-state index in [1.807, 2.05) is 31.4 Å². The molecule has 1 aliphatic rings. The summed E-state index contributed by atoms with van der Waals surface area (Å²) in [6, 6.07) is 7.29. The highest BCUT2D eigenvalue weighted by Gasteiger charge is 2.43. The van der Waals surface area contributed by atoms with Crippen LogP contribution in [-0.4, -0.2) is 14.9 Å². The van der Waals surface area contributed by atoms with Crippen molar-refractivity contribution in [3.8, 4) is 17.0 Å². The molecule has 0 aliphatic heterocycles. The van der Waals surface area contributed by atoms with Crippen molar-refractivity contribution in [3.05, 3.63) is 36.0 Å². The Morgan fingerprint density at radius 1 is 1.35 bits per heavy atom. The Hall–Kier alpha value is -1.81. The highest BCUT2D eigenvalue weighted by molar-refractivity contribution is 5.71. The zero-order valence-corrected chi connectivity index (χ0v) is 9.72. The summed E-state index contributed by atoms with van der Waals surface area (Å²) < 4.78 is 1.78. The van der Waals surface area contributed by atoms with Gasteiger partial charge in [-0.15, -0.1) is 0 Å². The van der Waals surface area contributed by atoms with E-state index in [0.717, 1.165) is 29.7 Å². The number of phenols is 1. The summed E-state index contributed by atoms with van der Waals surface area (Å²) in [7, 11) is 1.87. The van der Waals surface area contributed by atoms with Gasteiger partial charge in [0.2, 0.25) is 0 Å². The van der Waals surface area contributed by atoms with Gasteiger partial charge in [-0.2, -0.15) is 5.10 Å². The number of hydrogen-bond donors (Lipinski definition) is 2. The molecule has 1 aromatic carbocycles. The van der Waals surface area contributed by atoms with E-state index in [-0.39, 0.29) is 11.3 Å². The Bertz CT molecular complexity index is 570. The van der Waals surface area contributed by atoms with Gasteiger partial charge in [0.25, 0.3) is 0 Å². The average molecular weight is 229 g/mol. The molecule has 1 saturated carbocycles. The van der Waals surface area contributed by atoms with Crippen LogP contribution in [0.3, 0.4) is 0 Å². The van der Waals surface area contributed by atoms with Gasteiger partial charge in [-0.05, 0) is 25.0 Å². The van der Waals surface area contributed by atoms with Gasteiger partial charge in [0.15, 0.2) is 0 Å². The van der Waals surface area contributed by atoms with E-state index in [1.54, 1.807) is 10.7 Å². The second kappa shape index (κ2) is 3.34. The van der Waals surface area contributed by atoms with Crippen LogP contribution in [0, 0.1) is 0 Å². The van der Waals surface area contributed by atoms with E-state index >= 15 is 0 Å². The van der Waals surface area contributed by atoms with Gasteiger partial charge in [0.1, 0.15) is 5.75 Å². The minimum absolute atomic E-state index is 0.244. The minimum Gasteiger partial charge on any atom is -0.507 e. The first-order valence-corrected chi connectivity index (χ1v) is 5.71. The molecule has 3 N–H and O–H groups in total. The van der Waals surface area contributed by atoms with Crippen LogP contribution < -0.4 is 5.73 Å². The number of aromatic nitrogens is 2. The molecule has 1 heterocycles. The van der Waals surface area contributed by atoms with Crippen LogP contribution in [0.15, 0.2) is 30.5 Å². The molecule has 0 saturated heterocycles. The van der Waals surface area contributed by atoms with Crippen molar-refractivity contribution in [2.75, 3.05) is 0 Å². The highest BCUT2D eigenvalue weighted by Crippen LogP contribution is 2.47. The van der Waals surface area contributed by atoms with Crippen molar-refractivity contribution < 1.29 is 5.11 Å². The fourth-order valence-corrected chi connectivity index (χ4v) is 2.20. The molecular formula is C13H15N3O. The third kappa shape index (κ3) is 1.52. The molecule has 0 radical (unpaired) electrons. The Labute approximate surface area is 99.7 Å². The molecule has 4 heteroatoms. The van der Waals surface area contributed by atoms with Crippen LogP contribution in [0.4, 0.5) is 0 Å². The lowest BCUT2D eigenvalue weighted by atomic mass is 10.0. The first-order chi connectivity index (χ1) is 8.12. The summed E-state index contributed by atoms with van der Waals surface area (Å²) in [6.07, 6.45) is 3.79. The number of nitrogens with zero attached hydrogens (tertiary/aromatic N) is 2. The third-order valence-corrected chi connectivity index (χ3v) is 3.42. The predicted molar refractivity (Wildman–Crippen MR) is 65.4 cm³/mol. The Balaban J connectivity index is 2.21. The molecule has 88 valence electrons. The van der Waals surface area contributed by atoms with Gasteiger partial charge in [-0.25, -0.2) is 0 Å². The number of rotatable bonds is 2.